The lowest BCUT2D eigenvalue weighted by Gasteiger charge is -2.58. The molecular formula is C31H54O2Si. The maximum atomic E-state index is 9.38. The average Bonchev–Trinajstić information content (AvgIpc) is 3.05. The zero-order valence-electron chi connectivity index (χ0n) is 23.7. The van der Waals surface area contributed by atoms with Crippen LogP contribution in [0.25, 0.3) is 0 Å². The van der Waals surface area contributed by atoms with Gasteiger partial charge in [-0.15, -0.1) is 0 Å². The fourth-order valence-corrected chi connectivity index (χ4v) is 10.1. The Morgan fingerprint density at radius 1 is 1.09 bits per heavy atom. The van der Waals surface area contributed by atoms with Crippen molar-refractivity contribution in [2.24, 2.45) is 34.5 Å². The van der Waals surface area contributed by atoms with Crippen LogP contribution in [0.4, 0.5) is 0 Å². The number of unbranched alkanes of at least 4 members (excludes halogenated alkanes) is 1. The van der Waals surface area contributed by atoms with Crippen molar-refractivity contribution in [3.05, 3.63) is 23.3 Å². The molecular weight excluding hydrogens is 432 g/mol. The number of rotatable bonds is 6. The van der Waals surface area contributed by atoms with Gasteiger partial charge in [-0.3, -0.25) is 0 Å². The fraction of sp³-hybridized carbons (Fsp3) is 0.871. The summed E-state index contributed by atoms with van der Waals surface area (Å²) in [4.78, 5) is 0. The van der Waals surface area contributed by atoms with Gasteiger partial charge >= 0.3 is 0 Å². The van der Waals surface area contributed by atoms with Crippen LogP contribution < -0.4 is 0 Å². The maximum absolute atomic E-state index is 9.38. The Balaban J connectivity index is 1.56. The van der Waals surface area contributed by atoms with Crippen LogP contribution in [0.2, 0.25) is 18.1 Å². The predicted octanol–water partition coefficient (Wildman–Crippen LogP) is 8.67. The van der Waals surface area contributed by atoms with E-state index in [4.69, 9.17) is 4.43 Å². The van der Waals surface area contributed by atoms with Crippen molar-refractivity contribution in [1.29, 1.82) is 0 Å². The molecule has 4 aliphatic carbocycles. The third-order valence-corrected chi connectivity index (χ3v) is 16.2. The molecule has 2 nitrogen and oxygen atoms in total. The van der Waals surface area contributed by atoms with Crippen LogP contribution in [0.15, 0.2) is 23.3 Å². The zero-order valence-corrected chi connectivity index (χ0v) is 24.7. The van der Waals surface area contributed by atoms with Crippen LogP contribution in [-0.2, 0) is 4.43 Å². The topological polar surface area (TPSA) is 29.5 Å². The number of aliphatic hydroxyl groups excluding tert-OH is 1. The minimum absolute atomic E-state index is 0.283. The molecule has 0 heterocycles. The largest absolute Gasteiger partial charge is 0.414 e. The molecule has 0 radical (unpaired) electrons. The lowest BCUT2D eigenvalue weighted by molar-refractivity contribution is -0.0415. The van der Waals surface area contributed by atoms with Gasteiger partial charge in [0.2, 0.25) is 0 Å². The molecule has 3 fully saturated rings. The second kappa shape index (κ2) is 9.49. The van der Waals surface area contributed by atoms with Gasteiger partial charge in [-0.1, -0.05) is 64.3 Å². The van der Waals surface area contributed by atoms with Crippen LogP contribution in [0.5, 0.6) is 0 Å². The molecule has 0 bridgehead atoms. The summed E-state index contributed by atoms with van der Waals surface area (Å²) in [5.41, 5.74) is 4.28. The van der Waals surface area contributed by atoms with E-state index >= 15 is 0 Å². The molecule has 7 atom stereocenters. The first-order valence-corrected chi connectivity index (χ1v) is 17.4. The fourth-order valence-electron chi connectivity index (χ4n) is 8.71. The summed E-state index contributed by atoms with van der Waals surface area (Å²) in [5.74, 6) is 3.32. The van der Waals surface area contributed by atoms with Gasteiger partial charge in [0.05, 0.1) is 0 Å². The maximum Gasteiger partial charge on any atom is 0.192 e. The molecule has 0 amide bonds. The van der Waals surface area contributed by atoms with Crippen LogP contribution >= 0.6 is 0 Å². The molecule has 4 rings (SSSR count). The minimum atomic E-state index is -1.72. The highest BCUT2D eigenvalue weighted by Gasteiger charge is 2.59. The van der Waals surface area contributed by atoms with E-state index in [-0.39, 0.29) is 5.04 Å². The van der Waals surface area contributed by atoms with Crippen molar-refractivity contribution in [2.75, 3.05) is 6.61 Å². The monoisotopic (exact) mass is 486 g/mol. The number of aliphatic hydroxyl groups is 1. The van der Waals surface area contributed by atoms with Gasteiger partial charge in [0.25, 0.3) is 0 Å². The molecule has 0 aromatic rings. The number of hydrogen-bond acceptors (Lipinski definition) is 2. The Morgan fingerprint density at radius 3 is 2.44 bits per heavy atom. The SMILES string of the molecule is C/C=C1/C[C@@H](CCCCO)[C@H]2[C@@H]3CC=C4C[C@@H](O[Si](C)(C)C(C)(C)C)CC[C@]4(C)[C@H]3CC[C@]12C. The molecule has 0 aliphatic heterocycles. The first kappa shape index (κ1) is 26.7. The van der Waals surface area contributed by atoms with Crippen molar-refractivity contribution in [3.63, 3.8) is 0 Å². The Morgan fingerprint density at radius 2 is 1.79 bits per heavy atom. The van der Waals surface area contributed by atoms with Crippen molar-refractivity contribution in [2.45, 2.75) is 130 Å². The van der Waals surface area contributed by atoms with Crippen LogP contribution in [-0.4, -0.2) is 26.1 Å². The lowest BCUT2D eigenvalue weighted by Crippen LogP contribution is -2.52. The van der Waals surface area contributed by atoms with Crippen molar-refractivity contribution < 1.29 is 9.53 Å². The van der Waals surface area contributed by atoms with Gasteiger partial charge in [-0.25, -0.2) is 0 Å². The third-order valence-electron chi connectivity index (χ3n) is 11.6. The molecule has 0 spiro atoms. The Bertz CT molecular complexity index is 805. The molecule has 194 valence electrons. The number of allylic oxidation sites excluding steroid dienone is 3. The smallest absolute Gasteiger partial charge is 0.192 e. The van der Waals surface area contributed by atoms with E-state index in [1.54, 1.807) is 11.1 Å². The molecule has 1 N–H and O–H groups in total. The van der Waals surface area contributed by atoms with E-state index in [1.165, 1.54) is 57.8 Å². The summed E-state index contributed by atoms with van der Waals surface area (Å²) < 4.78 is 6.93. The molecule has 4 aliphatic rings. The van der Waals surface area contributed by atoms with E-state index in [1.807, 2.05) is 0 Å². The van der Waals surface area contributed by atoms with Gasteiger partial charge in [-0.05, 0) is 117 Å². The lowest BCUT2D eigenvalue weighted by atomic mass is 9.47. The Hall–Kier alpha value is -0.383. The van der Waals surface area contributed by atoms with Crippen LogP contribution in [0.3, 0.4) is 0 Å². The number of hydrogen-bond donors (Lipinski definition) is 1. The first-order chi connectivity index (χ1) is 15.9. The predicted molar refractivity (Wildman–Crippen MR) is 147 cm³/mol. The van der Waals surface area contributed by atoms with Gasteiger partial charge in [0.15, 0.2) is 8.32 Å². The average molecular weight is 487 g/mol. The second-order valence-electron chi connectivity index (χ2n) is 14.4. The van der Waals surface area contributed by atoms with E-state index in [0.717, 1.165) is 30.1 Å². The molecule has 0 unspecified atom stereocenters. The molecule has 3 saturated carbocycles. The summed E-state index contributed by atoms with van der Waals surface area (Å²) >= 11 is 0. The summed E-state index contributed by atoms with van der Waals surface area (Å²) in [7, 11) is -1.72. The molecule has 0 aromatic heterocycles. The van der Waals surface area contributed by atoms with Crippen molar-refractivity contribution in [1.82, 2.24) is 0 Å². The Labute approximate surface area is 212 Å². The standard InChI is InChI=1S/C31H54O2Si/c1-9-23-20-22(12-10-11-19-32)28-26-14-13-24-21-25(33-34(7,8)29(2,3)4)15-17-30(24,5)27(26)16-18-31(23,28)6/h9,13,22,25-28,32H,10-12,14-21H2,1-8H3/b23-9-/t22-,25+,26-,27+,28+,30+,31-/m1/s1. The van der Waals surface area contributed by atoms with Gasteiger partial charge in [0, 0.05) is 12.7 Å². The summed E-state index contributed by atoms with van der Waals surface area (Å²) in [5, 5.41) is 9.66. The minimum Gasteiger partial charge on any atom is -0.414 e. The van der Waals surface area contributed by atoms with E-state index in [9.17, 15) is 5.11 Å². The van der Waals surface area contributed by atoms with Crippen molar-refractivity contribution >= 4 is 8.32 Å². The highest BCUT2D eigenvalue weighted by molar-refractivity contribution is 6.74. The molecule has 0 aromatic carbocycles. The zero-order chi connectivity index (χ0) is 24.9. The van der Waals surface area contributed by atoms with E-state index in [0.29, 0.717) is 23.5 Å². The van der Waals surface area contributed by atoms with Gasteiger partial charge < -0.3 is 9.53 Å². The highest BCUT2D eigenvalue weighted by atomic mass is 28.4. The van der Waals surface area contributed by atoms with Crippen LogP contribution in [0, 0.1) is 34.5 Å². The Kier molecular flexibility index (Phi) is 7.44. The van der Waals surface area contributed by atoms with Gasteiger partial charge in [0.1, 0.15) is 0 Å². The van der Waals surface area contributed by atoms with E-state index < -0.39 is 8.32 Å². The quantitative estimate of drug-likeness (QED) is 0.231. The second-order valence-corrected chi connectivity index (χ2v) is 19.1. The highest BCUT2D eigenvalue weighted by Crippen LogP contribution is 2.68. The normalized spacial score (nSPS) is 41.6. The number of fused-ring (bicyclic) bond motifs is 5. The van der Waals surface area contributed by atoms with Gasteiger partial charge in [-0.2, -0.15) is 0 Å². The molecule has 34 heavy (non-hydrogen) atoms. The molecule has 0 saturated heterocycles. The first-order valence-electron chi connectivity index (χ1n) is 14.5. The van der Waals surface area contributed by atoms with Crippen molar-refractivity contribution in [3.8, 4) is 0 Å². The summed E-state index contributed by atoms with van der Waals surface area (Å²) in [6, 6.07) is 0. The van der Waals surface area contributed by atoms with Crippen LogP contribution in [0.1, 0.15) is 106 Å². The third kappa shape index (κ3) is 4.45. The summed E-state index contributed by atoms with van der Waals surface area (Å²) in [6.07, 6.45) is 18.2. The molecule has 3 heteroatoms. The van der Waals surface area contributed by atoms with E-state index in [2.05, 4.69) is 66.8 Å². The summed E-state index contributed by atoms with van der Waals surface area (Å²) in [6.45, 7) is 19.8.